The summed E-state index contributed by atoms with van der Waals surface area (Å²) in [5, 5.41) is 11.2. The van der Waals surface area contributed by atoms with Gasteiger partial charge in [0.2, 0.25) is 0 Å². The van der Waals surface area contributed by atoms with Crippen LogP contribution in [0.4, 0.5) is 18.9 Å². The summed E-state index contributed by atoms with van der Waals surface area (Å²) in [6, 6.07) is 8.89. The molecule has 2 aromatic carbocycles. The van der Waals surface area contributed by atoms with E-state index < -0.39 is 23.5 Å². The molecule has 0 aliphatic heterocycles. The van der Waals surface area contributed by atoms with Gasteiger partial charge in [-0.2, -0.15) is 5.26 Å². The maximum absolute atomic E-state index is 13.7. The lowest BCUT2D eigenvalue weighted by Crippen LogP contribution is -2.11. The van der Waals surface area contributed by atoms with Crippen molar-refractivity contribution in [3.63, 3.8) is 0 Å². The van der Waals surface area contributed by atoms with E-state index in [-0.39, 0.29) is 11.3 Å². The SMILES string of the molecule is CC(Nc1c(F)cc(C#N)cc1F)c1ccccc1F. The van der Waals surface area contributed by atoms with Crippen molar-refractivity contribution in [2.24, 2.45) is 0 Å². The first kappa shape index (κ1) is 13.9. The molecule has 0 aliphatic carbocycles. The monoisotopic (exact) mass is 276 g/mol. The Labute approximate surface area is 114 Å². The molecule has 0 radical (unpaired) electrons. The van der Waals surface area contributed by atoms with Crippen molar-refractivity contribution < 1.29 is 13.2 Å². The number of benzene rings is 2. The van der Waals surface area contributed by atoms with Crippen LogP contribution in [0.1, 0.15) is 24.1 Å². The molecule has 102 valence electrons. The lowest BCUT2D eigenvalue weighted by atomic mass is 10.1. The van der Waals surface area contributed by atoms with Crippen molar-refractivity contribution in [3.05, 3.63) is 65.0 Å². The van der Waals surface area contributed by atoms with Crippen LogP contribution in [0.25, 0.3) is 0 Å². The number of halogens is 3. The summed E-state index contributed by atoms with van der Waals surface area (Å²) in [4.78, 5) is 0. The Hall–Kier alpha value is -2.48. The summed E-state index contributed by atoms with van der Waals surface area (Å²) in [7, 11) is 0. The van der Waals surface area contributed by atoms with E-state index in [1.165, 1.54) is 18.2 Å². The molecule has 0 saturated carbocycles. The molecule has 0 saturated heterocycles. The van der Waals surface area contributed by atoms with Crippen LogP contribution < -0.4 is 5.32 Å². The largest absolute Gasteiger partial charge is 0.374 e. The number of hydrogen-bond donors (Lipinski definition) is 1. The average Bonchev–Trinajstić information content (AvgIpc) is 2.42. The van der Waals surface area contributed by atoms with Crippen molar-refractivity contribution in [2.45, 2.75) is 13.0 Å². The van der Waals surface area contributed by atoms with E-state index in [0.717, 1.165) is 12.1 Å². The Bertz CT molecular complexity index is 654. The zero-order valence-corrected chi connectivity index (χ0v) is 10.6. The van der Waals surface area contributed by atoms with Crippen molar-refractivity contribution in [1.29, 1.82) is 5.26 Å². The zero-order valence-electron chi connectivity index (χ0n) is 10.6. The van der Waals surface area contributed by atoms with Crippen LogP contribution in [0.5, 0.6) is 0 Å². The molecule has 2 aromatic rings. The van der Waals surface area contributed by atoms with Gasteiger partial charge in [0.05, 0.1) is 17.7 Å². The van der Waals surface area contributed by atoms with Crippen molar-refractivity contribution in [3.8, 4) is 6.07 Å². The highest BCUT2D eigenvalue weighted by Gasteiger charge is 2.16. The van der Waals surface area contributed by atoms with Gasteiger partial charge in [-0.25, -0.2) is 13.2 Å². The normalized spacial score (nSPS) is 11.8. The molecule has 0 aliphatic rings. The molecule has 0 spiro atoms. The zero-order chi connectivity index (χ0) is 14.7. The predicted molar refractivity (Wildman–Crippen MR) is 69.5 cm³/mol. The second-order valence-corrected chi connectivity index (χ2v) is 4.31. The van der Waals surface area contributed by atoms with Crippen molar-refractivity contribution in [2.75, 3.05) is 5.32 Å². The highest BCUT2D eigenvalue weighted by atomic mass is 19.1. The van der Waals surface area contributed by atoms with E-state index in [2.05, 4.69) is 5.32 Å². The molecule has 0 aromatic heterocycles. The molecular weight excluding hydrogens is 265 g/mol. The van der Waals surface area contributed by atoms with E-state index in [1.54, 1.807) is 19.1 Å². The highest BCUT2D eigenvalue weighted by molar-refractivity contribution is 5.51. The molecule has 0 bridgehead atoms. The van der Waals surface area contributed by atoms with Gasteiger partial charge in [0.25, 0.3) is 0 Å². The molecule has 0 fully saturated rings. The number of anilines is 1. The molecule has 1 atom stereocenters. The van der Waals surface area contributed by atoms with Gasteiger partial charge in [-0.1, -0.05) is 18.2 Å². The molecule has 20 heavy (non-hydrogen) atoms. The third kappa shape index (κ3) is 2.75. The van der Waals surface area contributed by atoms with E-state index in [1.807, 2.05) is 0 Å². The smallest absolute Gasteiger partial charge is 0.150 e. The molecule has 1 unspecified atom stereocenters. The van der Waals surface area contributed by atoms with Crippen LogP contribution >= 0.6 is 0 Å². The summed E-state index contributed by atoms with van der Waals surface area (Å²) in [5.41, 5.74) is -0.181. The van der Waals surface area contributed by atoms with E-state index in [4.69, 9.17) is 5.26 Å². The van der Waals surface area contributed by atoms with Gasteiger partial charge in [0.1, 0.15) is 11.5 Å². The van der Waals surface area contributed by atoms with Crippen LogP contribution in [0.15, 0.2) is 36.4 Å². The van der Waals surface area contributed by atoms with Gasteiger partial charge < -0.3 is 5.32 Å². The Kier molecular flexibility index (Phi) is 3.94. The van der Waals surface area contributed by atoms with E-state index >= 15 is 0 Å². The maximum atomic E-state index is 13.7. The second kappa shape index (κ2) is 5.66. The minimum Gasteiger partial charge on any atom is -0.374 e. The molecular formula is C15H11F3N2. The third-order valence-corrected chi connectivity index (χ3v) is 2.90. The molecule has 2 rings (SSSR count). The quantitative estimate of drug-likeness (QED) is 0.914. The van der Waals surface area contributed by atoms with Crippen LogP contribution in [-0.4, -0.2) is 0 Å². The number of nitrogens with one attached hydrogen (secondary N) is 1. The molecule has 1 N–H and O–H groups in total. The van der Waals surface area contributed by atoms with Gasteiger partial charge in [-0.15, -0.1) is 0 Å². The first-order chi connectivity index (χ1) is 9.52. The molecule has 5 heteroatoms. The van der Waals surface area contributed by atoms with Gasteiger partial charge in [0, 0.05) is 5.56 Å². The molecule has 0 amide bonds. The summed E-state index contributed by atoms with van der Waals surface area (Å²) in [6.07, 6.45) is 0. The summed E-state index contributed by atoms with van der Waals surface area (Å²) in [6.45, 7) is 1.59. The van der Waals surface area contributed by atoms with Crippen LogP contribution in [0, 0.1) is 28.8 Å². The topological polar surface area (TPSA) is 35.8 Å². The fraction of sp³-hybridized carbons (Fsp3) is 0.133. The third-order valence-electron chi connectivity index (χ3n) is 2.90. The molecule has 2 nitrogen and oxygen atoms in total. The number of nitriles is 1. The van der Waals surface area contributed by atoms with Gasteiger partial charge >= 0.3 is 0 Å². The predicted octanol–water partition coefficient (Wildman–Crippen LogP) is 4.15. The number of nitrogens with zero attached hydrogens (tertiary/aromatic N) is 1. The van der Waals surface area contributed by atoms with Gasteiger partial charge in [-0.3, -0.25) is 0 Å². The number of hydrogen-bond acceptors (Lipinski definition) is 2. The lowest BCUT2D eigenvalue weighted by molar-refractivity contribution is 0.576. The fourth-order valence-electron chi connectivity index (χ4n) is 1.90. The van der Waals surface area contributed by atoms with Crippen molar-refractivity contribution in [1.82, 2.24) is 0 Å². The Morgan fingerprint density at radius 2 is 1.65 bits per heavy atom. The van der Waals surface area contributed by atoms with Crippen LogP contribution in [-0.2, 0) is 0 Å². The van der Waals surface area contributed by atoms with Crippen molar-refractivity contribution >= 4 is 5.69 Å². The minimum absolute atomic E-state index is 0.107. The van der Waals surface area contributed by atoms with Crippen LogP contribution in [0.2, 0.25) is 0 Å². The van der Waals surface area contributed by atoms with E-state index in [9.17, 15) is 13.2 Å². The Morgan fingerprint density at radius 3 is 2.20 bits per heavy atom. The summed E-state index contributed by atoms with van der Waals surface area (Å²) in [5.74, 6) is -2.23. The van der Waals surface area contributed by atoms with E-state index in [0.29, 0.717) is 5.56 Å². The lowest BCUT2D eigenvalue weighted by Gasteiger charge is -2.17. The summed E-state index contributed by atoms with van der Waals surface area (Å²) >= 11 is 0. The van der Waals surface area contributed by atoms with Gasteiger partial charge in [-0.05, 0) is 25.1 Å². The Balaban J connectivity index is 2.31. The first-order valence-corrected chi connectivity index (χ1v) is 5.93. The minimum atomic E-state index is -0.885. The standard InChI is InChI=1S/C15H11F3N2/c1-9(11-4-2-3-5-12(11)16)20-15-13(17)6-10(8-19)7-14(15)18/h2-7,9,20H,1H3. The molecule has 0 heterocycles. The highest BCUT2D eigenvalue weighted by Crippen LogP contribution is 2.26. The average molecular weight is 276 g/mol. The fourth-order valence-corrected chi connectivity index (χ4v) is 1.90. The Morgan fingerprint density at radius 1 is 1.05 bits per heavy atom. The summed E-state index contributed by atoms with van der Waals surface area (Å²) < 4.78 is 41.0. The maximum Gasteiger partial charge on any atom is 0.150 e. The first-order valence-electron chi connectivity index (χ1n) is 5.93. The van der Waals surface area contributed by atoms with Crippen LogP contribution in [0.3, 0.4) is 0 Å². The second-order valence-electron chi connectivity index (χ2n) is 4.31. The van der Waals surface area contributed by atoms with Gasteiger partial charge in [0.15, 0.2) is 11.6 Å². The number of rotatable bonds is 3.